The number of rotatable bonds is 2. The average molecular weight is 466 g/mol. The third kappa shape index (κ3) is 3.32. The molecule has 2 aromatic carbocycles. The molecule has 0 aliphatic carbocycles. The first-order valence-corrected chi connectivity index (χ1v) is 10.9. The van der Waals surface area contributed by atoms with E-state index in [-0.39, 0.29) is 35.4 Å². The number of hydrogen-bond acceptors (Lipinski definition) is 5. The minimum absolute atomic E-state index is 0. The van der Waals surface area contributed by atoms with Crippen LogP contribution < -0.4 is 5.56 Å². The highest BCUT2D eigenvalue weighted by molar-refractivity contribution is 5.99. The third-order valence-corrected chi connectivity index (χ3v) is 6.75. The number of ether oxygens (including phenoxy) is 1. The molecule has 4 aromatic rings. The zero-order valence-electron chi connectivity index (χ0n) is 18.4. The number of aromatic nitrogens is 4. The highest BCUT2D eigenvalue weighted by Crippen LogP contribution is 2.30. The van der Waals surface area contributed by atoms with E-state index < -0.39 is 0 Å². The maximum atomic E-state index is 13.5. The van der Waals surface area contributed by atoms with Crippen molar-refractivity contribution in [2.45, 2.75) is 39.3 Å². The molecule has 0 radical (unpaired) electrons. The second kappa shape index (κ2) is 7.97. The summed E-state index contributed by atoms with van der Waals surface area (Å²) in [5.41, 5.74) is 6.41. The lowest BCUT2D eigenvalue weighted by Gasteiger charge is -2.18. The minimum atomic E-state index is -0.318. The minimum Gasteiger partial charge on any atom is -0.381 e. The highest BCUT2D eigenvalue weighted by atomic mass is 35.5. The van der Waals surface area contributed by atoms with Gasteiger partial charge in [-0.2, -0.15) is 0 Å². The molecule has 1 saturated heterocycles. The molecule has 0 bridgehead atoms. The Hall–Kier alpha value is -3.23. The number of carbonyl (C=O) groups is 1. The molecule has 0 saturated carbocycles. The van der Waals surface area contributed by atoms with Crippen LogP contribution in [0, 0.1) is 13.8 Å². The molecule has 4 heterocycles. The van der Waals surface area contributed by atoms with Crippen molar-refractivity contribution in [3.05, 3.63) is 74.3 Å². The van der Waals surface area contributed by atoms with Crippen molar-refractivity contribution < 1.29 is 9.53 Å². The van der Waals surface area contributed by atoms with Gasteiger partial charge in [0.2, 0.25) is 5.65 Å². The molecule has 9 heteroatoms. The van der Waals surface area contributed by atoms with Gasteiger partial charge in [0.05, 0.1) is 17.6 Å². The summed E-state index contributed by atoms with van der Waals surface area (Å²) in [5.74, 6) is 0.801. The number of nitrogens with one attached hydrogen (secondary N) is 1. The van der Waals surface area contributed by atoms with Gasteiger partial charge in [-0.3, -0.25) is 14.0 Å². The molecule has 2 aromatic heterocycles. The Labute approximate surface area is 196 Å². The van der Waals surface area contributed by atoms with Gasteiger partial charge in [0, 0.05) is 31.2 Å². The van der Waals surface area contributed by atoms with Crippen LogP contribution in [0.2, 0.25) is 0 Å². The van der Waals surface area contributed by atoms with E-state index in [0.717, 1.165) is 23.3 Å². The lowest BCUT2D eigenvalue weighted by Crippen LogP contribution is -2.26. The first kappa shape index (κ1) is 21.6. The number of benzene rings is 2. The molecule has 1 fully saturated rings. The van der Waals surface area contributed by atoms with Crippen LogP contribution >= 0.6 is 12.4 Å². The number of halogens is 1. The molecule has 170 valence electrons. The van der Waals surface area contributed by atoms with E-state index in [1.54, 1.807) is 6.07 Å². The van der Waals surface area contributed by atoms with Crippen LogP contribution in [0.5, 0.6) is 0 Å². The Balaban J connectivity index is 0.00000228. The lowest BCUT2D eigenvalue weighted by molar-refractivity contribution is 0.0750. The monoisotopic (exact) mass is 465 g/mol. The molecule has 2 aliphatic heterocycles. The van der Waals surface area contributed by atoms with Gasteiger partial charge >= 0.3 is 0 Å². The number of amides is 1. The van der Waals surface area contributed by atoms with E-state index >= 15 is 0 Å². The summed E-state index contributed by atoms with van der Waals surface area (Å²) in [4.78, 5) is 30.9. The molecule has 8 nitrogen and oxygen atoms in total. The van der Waals surface area contributed by atoms with Gasteiger partial charge in [0.1, 0.15) is 5.82 Å². The van der Waals surface area contributed by atoms with E-state index in [0.29, 0.717) is 37.4 Å². The van der Waals surface area contributed by atoms with Gasteiger partial charge in [-0.05, 0) is 54.7 Å². The van der Waals surface area contributed by atoms with Gasteiger partial charge in [0.15, 0.2) is 0 Å². The predicted molar refractivity (Wildman–Crippen MR) is 126 cm³/mol. The Morgan fingerprint density at radius 1 is 1.15 bits per heavy atom. The van der Waals surface area contributed by atoms with Crippen molar-refractivity contribution in [3.63, 3.8) is 0 Å². The Bertz CT molecular complexity index is 1470. The quantitative estimate of drug-likeness (QED) is 0.490. The van der Waals surface area contributed by atoms with E-state index in [4.69, 9.17) is 4.74 Å². The summed E-state index contributed by atoms with van der Waals surface area (Å²) in [6.07, 6.45) is 0.847. The van der Waals surface area contributed by atoms with Crippen molar-refractivity contribution in [2.75, 3.05) is 13.2 Å². The summed E-state index contributed by atoms with van der Waals surface area (Å²) < 4.78 is 7.34. The zero-order chi connectivity index (χ0) is 22.0. The van der Waals surface area contributed by atoms with Crippen molar-refractivity contribution in [2.24, 2.45) is 0 Å². The van der Waals surface area contributed by atoms with E-state index in [1.165, 1.54) is 16.7 Å². The van der Waals surface area contributed by atoms with Crippen LogP contribution in [-0.4, -0.2) is 43.6 Å². The number of fused-ring (bicyclic) bond motifs is 4. The predicted octanol–water partition coefficient (Wildman–Crippen LogP) is 3.27. The van der Waals surface area contributed by atoms with E-state index in [1.807, 2.05) is 28.4 Å². The number of nitrogens with zero attached hydrogens (tertiary/aromatic N) is 4. The van der Waals surface area contributed by atoms with Gasteiger partial charge in [-0.25, -0.2) is 0 Å². The summed E-state index contributed by atoms with van der Waals surface area (Å²) in [5, 5.41) is 8.44. The van der Waals surface area contributed by atoms with E-state index in [2.05, 4.69) is 34.2 Å². The van der Waals surface area contributed by atoms with Crippen LogP contribution in [0.4, 0.5) is 0 Å². The largest absolute Gasteiger partial charge is 0.381 e. The van der Waals surface area contributed by atoms with Crippen LogP contribution in [0.3, 0.4) is 0 Å². The Kier molecular flexibility index (Phi) is 5.22. The van der Waals surface area contributed by atoms with Crippen molar-refractivity contribution >= 4 is 35.0 Å². The van der Waals surface area contributed by atoms with Gasteiger partial charge in [-0.1, -0.05) is 18.2 Å². The fourth-order valence-electron chi connectivity index (χ4n) is 4.97. The van der Waals surface area contributed by atoms with Gasteiger partial charge < -0.3 is 14.6 Å². The molecule has 1 N–H and O–H groups in total. The molecule has 1 atom stereocenters. The molecule has 1 amide bonds. The molecular formula is C24H24ClN5O3. The summed E-state index contributed by atoms with van der Waals surface area (Å²) in [6, 6.07) is 9.93. The highest BCUT2D eigenvalue weighted by Gasteiger charge is 2.28. The van der Waals surface area contributed by atoms with Gasteiger partial charge in [0.25, 0.3) is 11.5 Å². The van der Waals surface area contributed by atoms with Crippen LogP contribution in [0.1, 0.15) is 50.8 Å². The lowest BCUT2D eigenvalue weighted by atomic mass is 10.0. The average Bonchev–Trinajstić information content (AvgIpc) is 3.52. The molecule has 6 rings (SSSR count). The Morgan fingerprint density at radius 2 is 2.00 bits per heavy atom. The molecule has 0 spiro atoms. The van der Waals surface area contributed by atoms with Crippen molar-refractivity contribution in [1.29, 1.82) is 0 Å². The number of H-pyrrole nitrogens is 1. The van der Waals surface area contributed by atoms with Crippen molar-refractivity contribution in [1.82, 2.24) is 24.5 Å². The maximum Gasteiger partial charge on any atom is 0.294 e. The van der Waals surface area contributed by atoms with Crippen LogP contribution in [0.25, 0.3) is 16.7 Å². The maximum absolute atomic E-state index is 13.5. The topological polar surface area (TPSA) is 92.6 Å². The fraction of sp³-hybridized carbons (Fsp3) is 0.333. The number of hydrogen-bond donors (Lipinski definition) is 1. The summed E-state index contributed by atoms with van der Waals surface area (Å²) >= 11 is 0. The second-order valence-electron chi connectivity index (χ2n) is 8.79. The number of aryl methyl sites for hydroxylation is 2. The Morgan fingerprint density at radius 3 is 2.76 bits per heavy atom. The second-order valence-corrected chi connectivity index (χ2v) is 8.79. The number of aromatic amines is 1. The SMILES string of the molecule is Cc1cc2c(cc1C(=O)N1Cc3cccc(C)c3C1)[nH]c(=O)c1nnc(C3CCOC3)n12.Cl. The smallest absolute Gasteiger partial charge is 0.294 e. The molecule has 2 aliphatic rings. The first-order valence-electron chi connectivity index (χ1n) is 10.9. The molecular weight excluding hydrogens is 442 g/mol. The normalized spacial score (nSPS) is 17.5. The summed E-state index contributed by atoms with van der Waals surface area (Å²) in [6.45, 7) is 6.46. The summed E-state index contributed by atoms with van der Waals surface area (Å²) in [7, 11) is 0. The van der Waals surface area contributed by atoms with Crippen LogP contribution in [-0.2, 0) is 17.8 Å². The van der Waals surface area contributed by atoms with Crippen LogP contribution in [0.15, 0.2) is 35.1 Å². The zero-order valence-corrected chi connectivity index (χ0v) is 19.2. The van der Waals surface area contributed by atoms with Crippen molar-refractivity contribution in [3.8, 4) is 0 Å². The number of carbonyl (C=O) groups excluding carboxylic acids is 1. The first-order chi connectivity index (χ1) is 15.5. The molecule has 1 unspecified atom stereocenters. The third-order valence-electron chi connectivity index (χ3n) is 6.75. The fourth-order valence-corrected chi connectivity index (χ4v) is 4.97. The standard InChI is InChI=1S/C24H23N5O3.ClH/c1-13-4-3-5-15-10-28(11-18(13)15)24(31)17-9-19-20(8-14(17)2)29-21(16-6-7-32-12-16)26-27-22(29)23(30)25-19;/h3-5,8-9,16H,6-7,10-12H2,1-2H3,(H,25,30);1H. The molecule has 33 heavy (non-hydrogen) atoms. The van der Waals surface area contributed by atoms with E-state index in [9.17, 15) is 9.59 Å². The van der Waals surface area contributed by atoms with Gasteiger partial charge in [-0.15, -0.1) is 22.6 Å².